The fourth-order valence-corrected chi connectivity index (χ4v) is 3.33. The number of carbonyl (C=O) groups excluding carboxylic acids is 2. The molecule has 0 radical (unpaired) electrons. The number of rotatable bonds is 7. The minimum Gasteiger partial charge on any atom is -0.462 e. The monoisotopic (exact) mass is 376 g/mol. The number of hydrogen-bond acceptors (Lipinski definition) is 5. The van der Waals surface area contributed by atoms with E-state index in [2.05, 4.69) is 10.0 Å². The summed E-state index contributed by atoms with van der Waals surface area (Å²) >= 11 is 0. The van der Waals surface area contributed by atoms with E-state index in [1.54, 1.807) is 37.3 Å². The number of ether oxygens (including phenoxy) is 1. The van der Waals surface area contributed by atoms with Crippen LogP contribution >= 0.6 is 0 Å². The summed E-state index contributed by atoms with van der Waals surface area (Å²) in [6.45, 7) is 3.43. The van der Waals surface area contributed by atoms with Crippen LogP contribution in [0.1, 0.15) is 24.2 Å². The quantitative estimate of drug-likeness (QED) is 0.721. The molecule has 0 aromatic heterocycles. The van der Waals surface area contributed by atoms with Crippen molar-refractivity contribution in [1.82, 2.24) is 4.72 Å². The second-order valence-corrected chi connectivity index (χ2v) is 7.16. The molecule has 0 heterocycles. The molecular weight excluding hydrogens is 356 g/mol. The number of hydrogen-bond donors (Lipinski definition) is 2. The third kappa shape index (κ3) is 5.14. The largest absolute Gasteiger partial charge is 0.462 e. The minimum atomic E-state index is -3.79. The van der Waals surface area contributed by atoms with Gasteiger partial charge in [0.2, 0.25) is 15.9 Å². The van der Waals surface area contributed by atoms with Gasteiger partial charge in [0.25, 0.3) is 0 Å². The zero-order chi connectivity index (χ0) is 19.2. The second-order valence-electron chi connectivity index (χ2n) is 5.44. The van der Waals surface area contributed by atoms with Crippen LogP contribution in [-0.2, 0) is 19.6 Å². The van der Waals surface area contributed by atoms with Crippen molar-refractivity contribution in [3.8, 4) is 0 Å². The van der Waals surface area contributed by atoms with E-state index in [9.17, 15) is 18.0 Å². The molecule has 2 N–H and O–H groups in total. The van der Waals surface area contributed by atoms with E-state index in [0.29, 0.717) is 11.3 Å². The average molecular weight is 376 g/mol. The predicted octanol–water partition coefficient (Wildman–Crippen LogP) is 2.17. The Balaban J connectivity index is 2.00. The molecule has 1 unspecified atom stereocenters. The van der Waals surface area contributed by atoms with Gasteiger partial charge < -0.3 is 10.1 Å². The van der Waals surface area contributed by atoms with E-state index in [0.717, 1.165) is 0 Å². The van der Waals surface area contributed by atoms with Crippen molar-refractivity contribution in [1.29, 1.82) is 0 Å². The van der Waals surface area contributed by atoms with Crippen LogP contribution in [-0.4, -0.2) is 32.9 Å². The first-order valence-electron chi connectivity index (χ1n) is 7.99. The first-order chi connectivity index (χ1) is 12.3. The summed E-state index contributed by atoms with van der Waals surface area (Å²) in [6, 6.07) is 12.9. The van der Waals surface area contributed by atoms with Gasteiger partial charge in [0.15, 0.2) is 0 Å². The lowest BCUT2D eigenvalue weighted by atomic mass is 10.2. The molecule has 1 atom stereocenters. The lowest BCUT2D eigenvalue weighted by Crippen LogP contribution is -2.41. The van der Waals surface area contributed by atoms with Crippen LogP contribution in [0.25, 0.3) is 0 Å². The minimum absolute atomic E-state index is 0.0819. The van der Waals surface area contributed by atoms with E-state index in [4.69, 9.17) is 4.74 Å². The number of amides is 1. The molecule has 0 aliphatic carbocycles. The highest BCUT2D eigenvalue weighted by Gasteiger charge is 2.22. The Morgan fingerprint density at radius 1 is 1.04 bits per heavy atom. The highest BCUT2D eigenvalue weighted by Crippen LogP contribution is 2.12. The number of nitrogens with one attached hydrogen (secondary N) is 2. The summed E-state index contributed by atoms with van der Waals surface area (Å²) < 4.78 is 31.7. The van der Waals surface area contributed by atoms with Crippen molar-refractivity contribution >= 4 is 27.6 Å². The van der Waals surface area contributed by atoms with Gasteiger partial charge in [-0.1, -0.05) is 18.2 Å². The second kappa shape index (κ2) is 8.59. The maximum Gasteiger partial charge on any atom is 0.338 e. The van der Waals surface area contributed by atoms with Crippen LogP contribution in [0.4, 0.5) is 5.69 Å². The molecule has 7 nitrogen and oxygen atoms in total. The molecule has 0 saturated carbocycles. The van der Waals surface area contributed by atoms with E-state index in [1.165, 1.54) is 31.2 Å². The van der Waals surface area contributed by atoms with Gasteiger partial charge in [-0.2, -0.15) is 4.72 Å². The van der Waals surface area contributed by atoms with Crippen LogP contribution < -0.4 is 10.0 Å². The zero-order valence-corrected chi connectivity index (χ0v) is 15.2. The Hall–Kier alpha value is -2.71. The molecule has 0 spiro atoms. The van der Waals surface area contributed by atoms with Crippen LogP contribution in [0, 0.1) is 0 Å². The predicted molar refractivity (Wildman–Crippen MR) is 97.3 cm³/mol. The normalized spacial score (nSPS) is 12.2. The summed E-state index contributed by atoms with van der Waals surface area (Å²) in [6.07, 6.45) is 0. The highest BCUT2D eigenvalue weighted by molar-refractivity contribution is 7.89. The van der Waals surface area contributed by atoms with E-state index in [-0.39, 0.29) is 11.5 Å². The lowest BCUT2D eigenvalue weighted by Gasteiger charge is -2.14. The Morgan fingerprint density at radius 2 is 1.65 bits per heavy atom. The molecule has 2 aromatic carbocycles. The molecule has 0 aliphatic heterocycles. The Kier molecular flexibility index (Phi) is 6.48. The number of benzene rings is 2. The summed E-state index contributed by atoms with van der Waals surface area (Å²) in [5, 5.41) is 2.60. The molecular formula is C18H20N2O5S. The van der Waals surface area contributed by atoms with Crippen molar-refractivity contribution in [2.24, 2.45) is 0 Å². The molecule has 0 aliphatic rings. The van der Waals surface area contributed by atoms with Gasteiger partial charge in [-0.15, -0.1) is 0 Å². The maximum absolute atomic E-state index is 12.2. The third-order valence-electron chi connectivity index (χ3n) is 3.44. The number of sulfonamides is 1. The molecule has 26 heavy (non-hydrogen) atoms. The fraction of sp³-hybridized carbons (Fsp3) is 0.222. The van der Waals surface area contributed by atoms with E-state index in [1.807, 2.05) is 0 Å². The van der Waals surface area contributed by atoms with Gasteiger partial charge in [-0.3, -0.25) is 4.79 Å². The summed E-state index contributed by atoms with van der Waals surface area (Å²) in [4.78, 5) is 23.9. The molecule has 1 amide bonds. The Bertz CT molecular complexity index is 864. The first kappa shape index (κ1) is 19.6. The highest BCUT2D eigenvalue weighted by atomic mass is 32.2. The van der Waals surface area contributed by atoms with Crippen LogP contribution in [0.3, 0.4) is 0 Å². The molecule has 2 rings (SSSR count). The van der Waals surface area contributed by atoms with Gasteiger partial charge in [0.1, 0.15) is 0 Å². The van der Waals surface area contributed by atoms with Crippen molar-refractivity contribution in [3.63, 3.8) is 0 Å². The van der Waals surface area contributed by atoms with Crippen LogP contribution in [0.2, 0.25) is 0 Å². The summed E-state index contributed by atoms with van der Waals surface area (Å²) in [5.41, 5.74) is 0.802. The summed E-state index contributed by atoms with van der Waals surface area (Å²) in [7, 11) is -3.79. The van der Waals surface area contributed by atoms with E-state index < -0.39 is 27.9 Å². The maximum atomic E-state index is 12.2. The smallest absolute Gasteiger partial charge is 0.338 e. The van der Waals surface area contributed by atoms with Crippen LogP contribution in [0.5, 0.6) is 0 Å². The SMILES string of the molecule is CCOC(=O)c1ccc(NC(=O)C(C)NS(=O)(=O)c2ccccc2)cc1. The number of esters is 1. The average Bonchev–Trinajstić information content (AvgIpc) is 2.63. The van der Waals surface area contributed by atoms with Crippen molar-refractivity contribution < 1.29 is 22.7 Å². The molecule has 138 valence electrons. The van der Waals surface area contributed by atoms with Crippen LogP contribution in [0.15, 0.2) is 59.5 Å². The Morgan fingerprint density at radius 3 is 2.23 bits per heavy atom. The first-order valence-corrected chi connectivity index (χ1v) is 9.47. The van der Waals surface area contributed by atoms with Gasteiger partial charge >= 0.3 is 5.97 Å². The number of anilines is 1. The van der Waals surface area contributed by atoms with E-state index >= 15 is 0 Å². The van der Waals surface area contributed by atoms with Crippen molar-refractivity contribution in [2.45, 2.75) is 24.8 Å². The summed E-state index contributed by atoms with van der Waals surface area (Å²) in [5.74, 6) is -0.970. The number of carbonyl (C=O) groups is 2. The molecule has 0 saturated heterocycles. The fourth-order valence-electron chi connectivity index (χ4n) is 2.11. The van der Waals surface area contributed by atoms with Crippen molar-refractivity contribution in [3.05, 3.63) is 60.2 Å². The molecule has 8 heteroatoms. The van der Waals surface area contributed by atoms with Gasteiger partial charge in [0, 0.05) is 5.69 Å². The zero-order valence-electron chi connectivity index (χ0n) is 14.4. The topological polar surface area (TPSA) is 102 Å². The molecule has 0 fully saturated rings. The van der Waals surface area contributed by atoms with Gasteiger partial charge in [-0.05, 0) is 50.2 Å². The lowest BCUT2D eigenvalue weighted by molar-refractivity contribution is -0.117. The van der Waals surface area contributed by atoms with Crippen molar-refractivity contribution in [2.75, 3.05) is 11.9 Å². The Labute approximate surface area is 152 Å². The van der Waals surface area contributed by atoms with Gasteiger partial charge in [0.05, 0.1) is 23.1 Å². The standard InChI is InChI=1S/C18H20N2O5S/c1-3-25-18(22)14-9-11-15(12-10-14)19-17(21)13(2)20-26(23,24)16-7-5-4-6-8-16/h4-13,20H,3H2,1-2H3,(H,19,21). The molecule has 2 aromatic rings. The van der Waals surface area contributed by atoms with Gasteiger partial charge in [-0.25, -0.2) is 13.2 Å². The molecule has 0 bridgehead atoms. The third-order valence-corrected chi connectivity index (χ3v) is 5.00.